The zero-order valence-corrected chi connectivity index (χ0v) is 10.2. The van der Waals surface area contributed by atoms with Crippen molar-refractivity contribution in [2.24, 2.45) is 11.8 Å². The van der Waals surface area contributed by atoms with Gasteiger partial charge in [0.1, 0.15) is 5.75 Å². The van der Waals surface area contributed by atoms with Gasteiger partial charge < -0.3 is 15.7 Å². The Labute approximate surface area is 101 Å². The van der Waals surface area contributed by atoms with Gasteiger partial charge in [0, 0.05) is 19.3 Å². The molecule has 1 aliphatic carbocycles. The molecule has 1 aliphatic rings. The molecule has 0 saturated heterocycles. The molecule has 92 valence electrons. The van der Waals surface area contributed by atoms with Crippen molar-refractivity contribution in [2.45, 2.75) is 13.3 Å². The van der Waals surface area contributed by atoms with Crippen molar-refractivity contribution in [2.75, 3.05) is 19.3 Å². The molecule has 4 nitrogen and oxygen atoms in total. The van der Waals surface area contributed by atoms with E-state index in [1.54, 1.807) is 18.0 Å². The van der Waals surface area contributed by atoms with Crippen LogP contribution in [0.1, 0.15) is 23.7 Å². The minimum absolute atomic E-state index is 0.0655. The first kappa shape index (κ1) is 11.8. The van der Waals surface area contributed by atoms with Crippen LogP contribution in [-0.4, -0.2) is 29.5 Å². The summed E-state index contributed by atoms with van der Waals surface area (Å²) in [7, 11) is 1.77. The lowest BCUT2D eigenvalue weighted by Crippen LogP contribution is -2.29. The number of anilines is 1. The summed E-state index contributed by atoms with van der Waals surface area (Å²) in [6, 6.07) is 4.45. The zero-order chi connectivity index (χ0) is 12.6. The molecule has 2 atom stereocenters. The highest BCUT2D eigenvalue weighted by molar-refractivity contribution is 5.99. The van der Waals surface area contributed by atoms with Crippen LogP contribution in [-0.2, 0) is 0 Å². The molecule has 0 bridgehead atoms. The predicted octanol–water partition coefficient (Wildman–Crippen LogP) is 1.70. The van der Waals surface area contributed by atoms with Gasteiger partial charge in [-0.2, -0.15) is 0 Å². The van der Waals surface area contributed by atoms with Gasteiger partial charge in [0.15, 0.2) is 0 Å². The number of nitrogen functional groups attached to an aromatic ring is 1. The van der Waals surface area contributed by atoms with E-state index in [2.05, 4.69) is 6.92 Å². The molecular formula is C13H18N2O2. The van der Waals surface area contributed by atoms with E-state index in [1.165, 1.54) is 18.6 Å². The Morgan fingerprint density at radius 1 is 1.59 bits per heavy atom. The molecule has 4 heteroatoms. The van der Waals surface area contributed by atoms with Crippen LogP contribution in [0.15, 0.2) is 18.2 Å². The largest absolute Gasteiger partial charge is 0.508 e. The summed E-state index contributed by atoms with van der Waals surface area (Å²) in [6.45, 7) is 2.95. The topological polar surface area (TPSA) is 66.6 Å². The molecule has 0 spiro atoms. The van der Waals surface area contributed by atoms with Crippen LogP contribution in [0.25, 0.3) is 0 Å². The number of rotatable bonds is 3. The summed E-state index contributed by atoms with van der Waals surface area (Å²) < 4.78 is 0. The summed E-state index contributed by atoms with van der Waals surface area (Å²) >= 11 is 0. The van der Waals surface area contributed by atoms with Crippen LogP contribution in [0, 0.1) is 11.8 Å². The van der Waals surface area contributed by atoms with Gasteiger partial charge >= 0.3 is 0 Å². The molecule has 1 fully saturated rings. The summed E-state index contributed by atoms with van der Waals surface area (Å²) in [4.78, 5) is 13.8. The highest BCUT2D eigenvalue weighted by Crippen LogP contribution is 2.38. The number of carbonyl (C=O) groups excluding carboxylic acids is 1. The maximum atomic E-state index is 12.1. The van der Waals surface area contributed by atoms with Gasteiger partial charge in [-0.3, -0.25) is 4.79 Å². The number of phenols is 1. The van der Waals surface area contributed by atoms with E-state index in [-0.39, 0.29) is 11.7 Å². The van der Waals surface area contributed by atoms with E-state index in [1.807, 2.05) is 0 Å². The fraction of sp³-hybridized carbons (Fsp3) is 0.462. The van der Waals surface area contributed by atoms with Gasteiger partial charge in [0.25, 0.3) is 5.91 Å². The monoisotopic (exact) mass is 234 g/mol. The average Bonchev–Trinajstić information content (AvgIpc) is 2.96. The second kappa shape index (κ2) is 4.28. The lowest BCUT2D eigenvalue weighted by molar-refractivity contribution is 0.0787. The lowest BCUT2D eigenvalue weighted by atomic mass is 10.1. The predicted molar refractivity (Wildman–Crippen MR) is 66.8 cm³/mol. The Bertz CT molecular complexity index is 445. The minimum atomic E-state index is -0.127. The van der Waals surface area contributed by atoms with Crippen molar-refractivity contribution in [1.82, 2.24) is 4.90 Å². The molecule has 2 unspecified atom stereocenters. The highest BCUT2D eigenvalue weighted by atomic mass is 16.3. The van der Waals surface area contributed by atoms with E-state index in [0.29, 0.717) is 23.1 Å². The number of phenolic OH excluding ortho intramolecular Hbond substituents is 1. The molecule has 17 heavy (non-hydrogen) atoms. The molecule has 0 aliphatic heterocycles. The van der Waals surface area contributed by atoms with Gasteiger partial charge in [-0.25, -0.2) is 0 Å². The molecule has 3 N–H and O–H groups in total. The van der Waals surface area contributed by atoms with E-state index in [4.69, 9.17) is 5.73 Å². The normalized spacial score (nSPS) is 22.2. The van der Waals surface area contributed by atoms with Crippen LogP contribution < -0.4 is 5.73 Å². The van der Waals surface area contributed by atoms with Gasteiger partial charge in [-0.15, -0.1) is 0 Å². The minimum Gasteiger partial charge on any atom is -0.508 e. The first-order valence-corrected chi connectivity index (χ1v) is 5.83. The molecule has 1 amide bonds. The fourth-order valence-electron chi connectivity index (χ4n) is 2.02. The van der Waals surface area contributed by atoms with E-state index < -0.39 is 0 Å². The third kappa shape index (κ3) is 2.52. The molecule has 0 radical (unpaired) electrons. The van der Waals surface area contributed by atoms with Crippen molar-refractivity contribution in [1.29, 1.82) is 0 Å². The molecule has 2 rings (SSSR count). The Kier molecular flexibility index (Phi) is 2.96. The number of nitrogens with two attached hydrogens (primary N) is 1. The SMILES string of the molecule is CC1CC1CN(C)C(=O)c1cc(O)ccc1N. The number of hydrogen-bond acceptors (Lipinski definition) is 3. The Hall–Kier alpha value is -1.71. The number of aromatic hydroxyl groups is 1. The smallest absolute Gasteiger partial charge is 0.255 e. The summed E-state index contributed by atoms with van der Waals surface area (Å²) in [5.41, 5.74) is 6.53. The Morgan fingerprint density at radius 3 is 2.82 bits per heavy atom. The van der Waals surface area contributed by atoms with Crippen LogP contribution in [0.2, 0.25) is 0 Å². The van der Waals surface area contributed by atoms with Crippen LogP contribution in [0.5, 0.6) is 5.75 Å². The van der Waals surface area contributed by atoms with Gasteiger partial charge in [0.2, 0.25) is 0 Å². The average molecular weight is 234 g/mol. The fourth-order valence-corrected chi connectivity index (χ4v) is 2.02. The van der Waals surface area contributed by atoms with Gasteiger partial charge in [-0.1, -0.05) is 6.92 Å². The second-order valence-electron chi connectivity index (χ2n) is 4.93. The zero-order valence-electron chi connectivity index (χ0n) is 10.2. The molecule has 0 heterocycles. The number of benzene rings is 1. The van der Waals surface area contributed by atoms with E-state index >= 15 is 0 Å². The lowest BCUT2D eigenvalue weighted by Gasteiger charge is -2.18. The summed E-state index contributed by atoms with van der Waals surface area (Å²) in [6.07, 6.45) is 1.19. The van der Waals surface area contributed by atoms with Crippen molar-refractivity contribution in [3.8, 4) is 5.75 Å². The maximum absolute atomic E-state index is 12.1. The molecule has 1 aromatic rings. The molecule has 1 aromatic carbocycles. The Morgan fingerprint density at radius 2 is 2.24 bits per heavy atom. The van der Waals surface area contributed by atoms with Crippen LogP contribution in [0.3, 0.4) is 0 Å². The standard InChI is InChI=1S/C13H18N2O2/c1-8-5-9(8)7-15(2)13(17)11-6-10(16)3-4-12(11)14/h3-4,6,8-9,16H,5,7,14H2,1-2H3. The van der Waals surface area contributed by atoms with Crippen molar-refractivity contribution >= 4 is 11.6 Å². The number of amides is 1. The maximum Gasteiger partial charge on any atom is 0.255 e. The second-order valence-corrected chi connectivity index (χ2v) is 4.93. The highest BCUT2D eigenvalue weighted by Gasteiger charge is 2.34. The molecular weight excluding hydrogens is 216 g/mol. The van der Waals surface area contributed by atoms with Gasteiger partial charge in [-0.05, 0) is 36.5 Å². The number of carbonyl (C=O) groups is 1. The quantitative estimate of drug-likeness (QED) is 0.618. The number of hydrogen-bond donors (Lipinski definition) is 2. The summed E-state index contributed by atoms with van der Waals surface area (Å²) in [5, 5.41) is 9.38. The third-order valence-electron chi connectivity index (χ3n) is 3.40. The number of nitrogens with zero attached hydrogens (tertiary/aromatic N) is 1. The van der Waals surface area contributed by atoms with Crippen LogP contribution >= 0.6 is 0 Å². The van der Waals surface area contributed by atoms with Crippen molar-refractivity contribution < 1.29 is 9.90 Å². The Balaban J connectivity index is 2.10. The third-order valence-corrected chi connectivity index (χ3v) is 3.40. The van der Waals surface area contributed by atoms with E-state index in [9.17, 15) is 9.90 Å². The molecule has 0 aromatic heterocycles. The van der Waals surface area contributed by atoms with Crippen molar-refractivity contribution in [3.63, 3.8) is 0 Å². The summed E-state index contributed by atoms with van der Waals surface area (Å²) in [5.74, 6) is 1.27. The van der Waals surface area contributed by atoms with Crippen LogP contribution in [0.4, 0.5) is 5.69 Å². The van der Waals surface area contributed by atoms with Gasteiger partial charge in [0.05, 0.1) is 5.56 Å². The first-order valence-electron chi connectivity index (χ1n) is 5.83. The molecule has 1 saturated carbocycles. The first-order chi connectivity index (χ1) is 7.99. The van der Waals surface area contributed by atoms with Crippen molar-refractivity contribution in [3.05, 3.63) is 23.8 Å². The van der Waals surface area contributed by atoms with E-state index in [0.717, 1.165) is 6.54 Å².